The molecule has 0 atom stereocenters. The Balaban J connectivity index is 1.90. The van der Waals surface area contributed by atoms with Crippen molar-refractivity contribution < 1.29 is 4.79 Å². The molecule has 1 aliphatic carbocycles. The lowest BCUT2D eigenvalue weighted by Gasteiger charge is -1.98. The van der Waals surface area contributed by atoms with E-state index in [1.807, 2.05) is 24.3 Å². The first-order chi connectivity index (χ1) is 9.24. The van der Waals surface area contributed by atoms with Gasteiger partial charge in [0.15, 0.2) is 0 Å². The van der Waals surface area contributed by atoms with Crippen molar-refractivity contribution in [3.05, 3.63) is 55.7 Å². The first-order valence-electron chi connectivity index (χ1n) is 6.66. The zero-order valence-electron chi connectivity index (χ0n) is 10.6. The van der Waals surface area contributed by atoms with Gasteiger partial charge >= 0.3 is 0 Å². The van der Waals surface area contributed by atoms with Crippen LogP contribution in [0, 0.1) is 0 Å². The number of hydrogen-bond donors (Lipinski definition) is 0. The van der Waals surface area contributed by atoms with E-state index in [9.17, 15) is 4.79 Å². The Labute approximate surface area is 125 Å². The molecule has 0 unspecified atom stereocenters. The van der Waals surface area contributed by atoms with Crippen LogP contribution in [0.4, 0.5) is 0 Å². The van der Waals surface area contributed by atoms with Gasteiger partial charge in [0.2, 0.25) is 5.78 Å². The van der Waals surface area contributed by atoms with Crippen LogP contribution in [-0.4, -0.2) is 5.78 Å². The van der Waals surface area contributed by atoms with Gasteiger partial charge in [0.25, 0.3) is 0 Å². The maximum atomic E-state index is 12.5. The second-order valence-corrected chi connectivity index (χ2v) is 7.01. The number of ketones is 1. The summed E-state index contributed by atoms with van der Waals surface area (Å²) in [5.41, 5.74) is 2.18. The van der Waals surface area contributed by atoms with E-state index in [-0.39, 0.29) is 5.78 Å². The molecular weight excluding hydrogens is 320 g/mol. The minimum Gasteiger partial charge on any atom is -0.288 e. The van der Waals surface area contributed by atoms with Crippen LogP contribution < -0.4 is 0 Å². The maximum absolute atomic E-state index is 12.5. The summed E-state index contributed by atoms with van der Waals surface area (Å²) in [4.78, 5) is 14.8. The summed E-state index contributed by atoms with van der Waals surface area (Å²) in [6.45, 7) is 0. The van der Waals surface area contributed by atoms with Gasteiger partial charge in [-0.1, -0.05) is 22.4 Å². The number of aryl methyl sites for hydroxylation is 2. The van der Waals surface area contributed by atoms with Crippen molar-refractivity contribution in [2.75, 3.05) is 0 Å². The number of rotatable bonds is 2. The SMILES string of the molecule is O=C(c1ccc(Br)cc1)c1cc2c(s1)CCCCC2. The molecule has 0 radical (unpaired) electrons. The average molecular weight is 335 g/mol. The molecule has 0 aliphatic heterocycles. The summed E-state index contributed by atoms with van der Waals surface area (Å²) in [6.07, 6.45) is 6.12. The second-order valence-electron chi connectivity index (χ2n) is 4.96. The van der Waals surface area contributed by atoms with Gasteiger partial charge in [-0.2, -0.15) is 0 Å². The van der Waals surface area contributed by atoms with Crippen molar-refractivity contribution in [3.8, 4) is 0 Å². The van der Waals surface area contributed by atoms with Crippen LogP contribution in [-0.2, 0) is 12.8 Å². The molecule has 0 N–H and O–H groups in total. The highest BCUT2D eigenvalue weighted by Crippen LogP contribution is 2.30. The van der Waals surface area contributed by atoms with E-state index in [0.29, 0.717) is 0 Å². The third kappa shape index (κ3) is 2.82. The van der Waals surface area contributed by atoms with Crippen molar-refractivity contribution in [3.63, 3.8) is 0 Å². The Hall–Kier alpha value is -0.930. The van der Waals surface area contributed by atoms with Crippen molar-refractivity contribution in [2.45, 2.75) is 32.1 Å². The first-order valence-corrected chi connectivity index (χ1v) is 8.27. The number of hydrogen-bond acceptors (Lipinski definition) is 2. The minimum absolute atomic E-state index is 0.158. The Morgan fingerprint density at radius 2 is 1.79 bits per heavy atom. The van der Waals surface area contributed by atoms with Gasteiger partial charge < -0.3 is 0 Å². The van der Waals surface area contributed by atoms with Gasteiger partial charge in [-0.3, -0.25) is 4.79 Å². The summed E-state index contributed by atoms with van der Waals surface area (Å²) >= 11 is 5.09. The zero-order chi connectivity index (χ0) is 13.2. The highest BCUT2D eigenvalue weighted by atomic mass is 79.9. The Kier molecular flexibility index (Phi) is 3.85. The van der Waals surface area contributed by atoms with E-state index >= 15 is 0 Å². The molecule has 0 fully saturated rings. The normalized spacial score (nSPS) is 14.8. The molecule has 0 spiro atoms. The molecule has 1 aliphatic rings. The van der Waals surface area contributed by atoms with Crippen molar-refractivity contribution in [1.82, 2.24) is 0 Å². The van der Waals surface area contributed by atoms with E-state index in [0.717, 1.165) is 27.8 Å². The molecule has 1 aromatic heterocycles. The van der Waals surface area contributed by atoms with Gasteiger partial charge in [-0.15, -0.1) is 11.3 Å². The van der Waals surface area contributed by atoms with Crippen molar-refractivity contribution in [1.29, 1.82) is 0 Å². The monoisotopic (exact) mass is 334 g/mol. The van der Waals surface area contributed by atoms with E-state index in [1.54, 1.807) is 11.3 Å². The van der Waals surface area contributed by atoms with Crippen LogP contribution >= 0.6 is 27.3 Å². The molecule has 2 aromatic rings. The number of carbonyl (C=O) groups excluding carboxylic acids is 1. The summed E-state index contributed by atoms with van der Waals surface area (Å²) in [5.74, 6) is 0.158. The number of fused-ring (bicyclic) bond motifs is 1. The molecule has 0 saturated heterocycles. The molecule has 1 aromatic carbocycles. The second kappa shape index (κ2) is 5.59. The molecule has 0 saturated carbocycles. The third-order valence-electron chi connectivity index (χ3n) is 3.58. The van der Waals surface area contributed by atoms with Gasteiger partial charge in [0.05, 0.1) is 4.88 Å². The first kappa shape index (κ1) is 13.1. The van der Waals surface area contributed by atoms with Crippen LogP contribution in [0.5, 0.6) is 0 Å². The molecule has 0 amide bonds. The average Bonchev–Trinajstić information content (AvgIpc) is 2.70. The lowest BCUT2D eigenvalue weighted by Crippen LogP contribution is -1.97. The van der Waals surface area contributed by atoms with E-state index < -0.39 is 0 Å². The molecule has 1 heterocycles. The van der Waals surface area contributed by atoms with Crippen LogP contribution in [0.3, 0.4) is 0 Å². The summed E-state index contributed by atoms with van der Waals surface area (Å²) in [7, 11) is 0. The summed E-state index contributed by atoms with van der Waals surface area (Å²) < 4.78 is 1.01. The Morgan fingerprint density at radius 3 is 2.58 bits per heavy atom. The number of benzene rings is 1. The van der Waals surface area contributed by atoms with Gasteiger partial charge in [0.1, 0.15) is 0 Å². The molecule has 0 bridgehead atoms. The lowest BCUT2D eigenvalue weighted by molar-refractivity contribution is 0.104. The van der Waals surface area contributed by atoms with Crippen LogP contribution in [0.25, 0.3) is 0 Å². The molecule has 98 valence electrons. The predicted octanol–water partition coefficient (Wildman–Crippen LogP) is 5.01. The number of carbonyl (C=O) groups is 1. The van der Waals surface area contributed by atoms with Crippen LogP contribution in [0.1, 0.15) is 44.9 Å². The Bertz CT molecular complexity index is 574. The van der Waals surface area contributed by atoms with Crippen molar-refractivity contribution in [2.24, 2.45) is 0 Å². The number of halogens is 1. The smallest absolute Gasteiger partial charge is 0.202 e. The van der Waals surface area contributed by atoms with Crippen LogP contribution in [0.15, 0.2) is 34.8 Å². The van der Waals surface area contributed by atoms with E-state index in [2.05, 4.69) is 22.0 Å². The highest BCUT2D eigenvalue weighted by Gasteiger charge is 2.17. The fraction of sp³-hybridized carbons (Fsp3) is 0.312. The van der Waals surface area contributed by atoms with Crippen molar-refractivity contribution >= 4 is 33.0 Å². The maximum Gasteiger partial charge on any atom is 0.202 e. The Morgan fingerprint density at radius 1 is 1.05 bits per heavy atom. The van der Waals surface area contributed by atoms with Crippen LogP contribution in [0.2, 0.25) is 0 Å². The lowest BCUT2D eigenvalue weighted by atomic mass is 10.1. The predicted molar refractivity (Wildman–Crippen MR) is 83.2 cm³/mol. The van der Waals surface area contributed by atoms with E-state index in [4.69, 9.17) is 0 Å². The molecule has 3 heteroatoms. The fourth-order valence-corrected chi connectivity index (χ4v) is 4.00. The van der Waals surface area contributed by atoms with Gasteiger partial charge in [-0.25, -0.2) is 0 Å². The molecule has 1 nitrogen and oxygen atoms in total. The fourth-order valence-electron chi connectivity index (χ4n) is 2.52. The molecule has 19 heavy (non-hydrogen) atoms. The standard InChI is InChI=1S/C16H15BrOS/c17-13-8-6-11(7-9-13)16(18)15-10-12-4-2-1-3-5-14(12)19-15/h6-10H,1-5H2. The topological polar surface area (TPSA) is 17.1 Å². The van der Waals surface area contributed by atoms with E-state index in [1.165, 1.54) is 29.7 Å². The summed E-state index contributed by atoms with van der Waals surface area (Å²) in [6, 6.07) is 9.74. The summed E-state index contributed by atoms with van der Waals surface area (Å²) in [5, 5.41) is 0. The highest BCUT2D eigenvalue weighted by molar-refractivity contribution is 9.10. The third-order valence-corrected chi connectivity index (χ3v) is 5.34. The molecular formula is C16H15BrOS. The minimum atomic E-state index is 0.158. The molecule has 3 rings (SSSR count). The van der Waals surface area contributed by atoms with Gasteiger partial charge in [0, 0.05) is 14.9 Å². The van der Waals surface area contributed by atoms with Gasteiger partial charge in [-0.05, 0) is 61.6 Å². The number of thiophene rings is 1. The largest absolute Gasteiger partial charge is 0.288 e. The zero-order valence-corrected chi connectivity index (χ0v) is 13.0. The quantitative estimate of drug-likeness (QED) is 0.557.